The molecule has 3 amide bonds. The number of thiophene rings is 1. The van der Waals surface area contributed by atoms with Crippen molar-refractivity contribution in [1.82, 2.24) is 20.2 Å². The number of urea groups is 1. The maximum absolute atomic E-state index is 13.2. The van der Waals surface area contributed by atoms with Crippen LogP contribution in [0.4, 0.5) is 16.3 Å². The predicted molar refractivity (Wildman–Crippen MR) is 140 cm³/mol. The summed E-state index contributed by atoms with van der Waals surface area (Å²) in [6, 6.07) is 9.32. The van der Waals surface area contributed by atoms with Crippen LogP contribution in [-0.4, -0.2) is 59.0 Å². The third-order valence-electron chi connectivity index (χ3n) is 7.26. The second-order valence-electron chi connectivity index (χ2n) is 9.49. The van der Waals surface area contributed by atoms with Gasteiger partial charge in [-0.05, 0) is 57.2 Å². The van der Waals surface area contributed by atoms with E-state index in [1.165, 1.54) is 10.4 Å². The van der Waals surface area contributed by atoms with Crippen LogP contribution in [-0.2, 0) is 4.79 Å². The van der Waals surface area contributed by atoms with Gasteiger partial charge in [-0.1, -0.05) is 18.2 Å². The zero-order chi connectivity index (χ0) is 24.4. The molecule has 0 spiro atoms. The topological polar surface area (TPSA) is 90.5 Å². The molecule has 0 unspecified atom stereocenters. The van der Waals surface area contributed by atoms with Crippen molar-refractivity contribution < 1.29 is 9.59 Å². The molecule has 0 atom stereocenters. The SMILES string of the molecule is Cc1sc2ncnc(N3CCC(C(=O)N4CCC(NC(=O)Nc5ccccc5)CC4)CC3)c2c1C. The van der Waals surface area contributed by atoms with Crippen molar-refractivity contribution >= 4 is 45.0 Å². The molecule has 1 aromatic carbocycles. The number of piperidine rings is 2. The summed E-state index contributed by atoms with van der Waals surface area (Å²) in [6.07, 6.45) is 4.89. The van der Waals surface area contributed by atoms with Gasteiger partial charge in [0.05, 0.1) is 5.39 Å². The molecule has 0 bridgehead atoms. The van der Waals surface area contributed by atoms with Gasteiger partial charge in [0.15, 0.2) is 0 Å². The van der Waals surface area contributed by atoms with E-state index in [0.717, 1.165) is 60.5 Å². The van der Waals surface area contributed by atoms with Crippen LogP contribution in [0, 0.1) is 19.8 Å². The molecule has 2 aliphatic rings. The lowest BCUT2D eigenvalue weighted by atomic mass is 9.93. The van der Waals surface area contributed by atoms with E-state index in [1.54, 1.807) is 17.7 Å². The maximum Gasteiger partial charge on any atom is 0.319 e. The Kier molecular flexibility index (Phi) is 6.86. The molecule has 2 aromatic heterocycles. The van der Waals surface area contributed by atoms with E-state index in [2.05, 4.69) is 39.3 Å². The summed E-state index contributed by atoms with van der Waals surface area (Å²) in [5.41, 5.74) is 2.03. The Morgan fingerprint density at radius 1 is 0.971 bits per heavy atom. The minimum Gasteiger partial charge on any atom is -0.356 e. The molecule has 9 heteroatoms. The van der Waals surface area contributed by atoms with Crippen molar-refractivity contribution in [1.29, 1.82) is 0 Å². The molecule has 35 heavy (non-hydrogen) atoms. The number of nitrogens with one attached hydrogen (secondary N) is 2. The van der Waals surface area contributed by atoms with E-state index in [1.807, 2.05) is 35.2 Å². The molecule has 4 heterocycles. The summed E-state index contributed by atoms with van der Waals surface area (Å²) >= 11 is 1.72. The maximum atomic E-state index is 13.2. The number of carbonyl (C=O) groups is 2. The number of benzene rings is 1. The fourth-order valence-electron chi connectivity index (χ4n) is 5.12. The minimum atomic E-state index is -0.191. The second kappa shape index (κ2) is 10.2. The number of anilines is 2. The first-order valence-electron chi connectivity index (χ1n) is 12.4. The van der Waals surface area contributed by atoms with Crippen LogP contribution < -0.4 is 15.5 Å². The fourth-order valence-corrected chi connectivity index (χ4v) is 6.11. The molecular weight excluding hydrogens is 460 g/mol. The number of nitrogens with zero attached hydrogens (tertiary/aromatic N) is 4. The van der Waals surface area contributed by atoms with Gasteiger partial charge in [0.2, 0.25) is 5.91 Å². The number of aryl methyl sites for hydroxylation is 2. The van der Waals surface area contributed by atoms with Crippen molar-refractivity contribution in [2.45, 2.75) is 45.6 Å². The standard InChI is InChI=1S/C26H32N6O2S/c1-17-18(2)35-24-22(17)23(27-16-28-24)31-12-8-19(9-13-31)25(33)32-14-10-21(11-15-32)30-26(34)29-20-6-4-3-5-7-20/h3-7,16,19,21H,8-15H2,1-2H3,(H2,29,30,34). The van der Waals surface area contributed by atoms with Gasteiger partial charge in [-0.25, -0.2) is 14.8 Å². The summed E-state index contributed by atoms with van der Waals surface area (Å²) in [5, 5.41) is 7.07. The Balaban J connectivity index is 1.11. The van der Waals surface area contributed by atoms with Gasteiger partial charge in [-0.3, -0.25) is 4.79 Å². The van der Waals surface area contributed by atoms with Crippen LogP contribution in [0.5, 0.6) is 0 Å². The quantitative estimate of drug-likeness (QED) is 0.566. The van der Waals surface area contributed by atoms with E-state index < -0.39 is 0 Å². The second-order valence-corrected chi connectivity index (χ2v) is 10.7. The van der Waals surface area contributed by atoms with Gasteiger partial charge in [-0.15, -0.1) is 11.3 Å². The number of fused-ring (bicyclic) bond motifs is 1. The van der Waals surface area contributed by atoms with E-state index in [9.17, 15) is 9.59 Å². The molecule has 0 radical (unpaired) electrons. The van der Waals surface area contributed by atoms with E-state index in [-0.39, 0.29) is 23.9 Å². The van der Waals surface area contributed by atoms with Crippen LogP contribution in [0.2, 0.25) is 0 Å². The molecule has 0 saturated carbocycles. The van der Waals surface area contributed by atoms with Crippen molar-refractivity contribution in [3.8, 4) is 0 Å². The number of likely N-dealkylation sites (tertiary alicyclic amines) is 1. The summed E-state index contributed by atoms with van der Waals surface area (Å²) in [7, 11) is 0. The lowest BCUT2D eigenvalue weighted by Crippen LogP contribution is -2.50. The number of amides is 3. The lowest BCUT2D eigenvalue weighted by molar-refractivity contribution is -0.137. The van der Waals surface area contributed by atoms with Gasteiger partial charge in [-0.2, -0.15) is 0 Å². The zero-order valence-corrected chi connectivity index (χ0v) is 21.1. The van der Waals surface area contributed by atoms with Gasteiger partial charge >= 0.3 is 6.03 Å². The third kappa shape index (κ3) is 5.10. The van der Waals surface area contributed by atoms with E-state index in [0.29, 0.717) is 13.1 Å². The van der Waals surface area contributed by atoms with Crippen LogP contribution in [0.15, 0.2) is 36.7 Å². The van der Waals surface area contributed by atoms with E-state index in [4.69, 9.17) is 0 Å². The largest absolute Gasteiger partial charge is 0.356 e. The highest BCUT2D eigenvalue weighted by atomic mass is 32.1. The number of rotatable bonds is 4. The number of carbonyl (C=O) groups excluding carboxylic acids is 2. The first kappa shape index (κ1) is 23.5. The highest BCUT2D eigenvalue weighted by molar-refractivity contribution is 7.18. The molecule has 2 saturated heterocycles. The number of para-hydroxylation sites is 1. The van der Waals surface area contributed by atoms with Crippen LogP contribution in [0.1, 0.15) is 36.1 Å². The van der Waals surface area contributed by atoms with Crippen LogP contribution in [0.25, 0.3) is 10.2 Å². The summed E-state index contributed by atoms with van der Waals surface area (Å²) in [6.45, 7) is 7.30. The van der Waals surface area contributed by atoms with Crippen molar-refractivity contribution in [2.24, 2.45) is 5.92 Å². The Hall–Kier alpha value is -3.20. The first-order valence-corrected chi connectivity index (χ1v) is 13.2. The number of hydrogen-bond donors (Lipinski definition) is 2. The number of aromatic nitrogens is 2. The van der Waals surface area contributed by atoms with Crippen molar-refractivity contribution in [3.05, 3.63) is 47.1 Å². The Morgan fingerprint density at radius 2 is 1.69 bits per heavy atom. The Labute approximate surface area is 209 Å². The molecule has 5 rings (SSSR count). The monoisotopic (exact) mass is 492 g/mol. The summed E-state index contributed by atoms with van der Waals surface area (Å²) in [5.74, 6) is 1.32. The van der Waals surface area contributed by atoms with Gasteiger partial charge in [0.25, 0.3) is 0 Å². The molecule has 2 fully saturated rings. The molecule has 0 aliphatic carbocycles. The molecule has 184 valence electrons. The molecule has 2 N–H and O–H groups in total. The molecule has 3 aromatic rings. The van der Waals surface area contributed by atoms with Crippen LogP contribution in [0.3, 0.4) is 0 Å². The molecule has 8 nitrogen and oxygen atoms in total. The fraction of sp³-hybridized carbons (Fsp3) is 0.462. The van der Waals surface area contributed by atoms with Gasteiger partial charge < -0.3 is 20.4 Å². The Morgan fingerprint density at radius 3 is 2.40 bits per heavy atom. The van der Waals surface area contributed by atoms with Crippen molar-refractivity contribution in [3.63, 3.8) is 0 Å². The molecule has 2 aliphatic heterocycles. The third-order valence-corrected chi connectivity index (χ3v) is 8.38. The normalized spacial score (nSPS) is 17.5. The van der Waals surface area contributed by atoms with Crippen LogP contribution >= 0.6 is 11.3 Å². The Bertz CT molecular complexity index is 1200. The lowest BCUT2D eigenvalue weighted by Gasteiger charge is -2.37. The average molecular weight is 493 g/mol. The minimum absolute atomic E-state index is 0.0553. The predicted octanol–water partition coefficient (Wildman–Crippen LogP) is 4.34. The van der Waals surface area contributed by atoms with Gasteiger partial charge in [0.1, 0.15) is 17.0 Å². The summed E-state index contributed by atoms with van der Waals surface area (Å²) < 4.78 is 0. The van der Waals surface area contributed by atoms with Gasteiger partial charge in [0, 0.05) is 48.7 Å². The first-order chi connectivity index (χ1) is 17.0. The smallest absolute Gasteiger partial charge is 0.319 e. The zero-order valence-electron chi connectivity index (χ0n) is 20.3. The van der Waals surface area contributed by atoms with E-state index >= 15 is 0 Å². The molecular formula is C26H32N6O2S. The van der Waals surface area contributed by atoms with Crippen molar-refractivity contribution in [2.75, 3.05) is 36.4 Å². The highest BCUT2D eigenvalue weighted by Gasteiger charge is 2.32. The summed E-state index contributed by atoms with van der Waals surface area (Å²) in [4.78, 5) is 41.2. The average Bonchev–Trinajstić information content (AvgIpc) is 3.18. The number of hydrogen-bond acceptors (Lipinski definition) is 6. The highest BCUT2D eigenvalue weighted by Crippen LogP contribution is 2.36.